The van der Waals surface area contributed by atoms with Gasteiger partial charge in [0.1, 0.15) is 17.4 Å². The van der Waals surface area contributed by atoms with Crippen LogP contribution in [0.5, 0.6) is 5.75 Å². The Morgan fingerprint density at radius 2 is 1.71 bits per heavy atom. The Hall–Kier alpha value is -3.45. The van der Waals surface area contributed by atoms with Crippen LogP contribution in [0.1, 0.15) is 17.0 Å². The van der Waals surface area contributed by atoms with E-state index in [1.54, 1.807) is 6.07 Å². The maximum atomic E-state index is 9.65. The number of benzene rings is 3. The van der Waals surface area contributed by atoms with Gasteiger partial charge in [0.2, 0.25) is 5.88 Å². The van der Waals surface area contributed by atoms with Gasteiger partial charge in [0.25, 0.3) is 0 Å². The van der Waals surface area contributed by atoms with Gasteiger partial charge in [-0.25, -0.2) is 0 Å². The fourth-order valence-corrected chi connectivity index (χ4v) is 3.29. The summed E-state index contributed by atoms with van der Waals surface area (Å²) in [6, 6.07) is 21.9. The molecule has 1 heterocycles. The van der Waals surface area contributed by atoms with Gasteiger partial charge >= 0.3 is 0 Å². The van der Waals surface area contributed by atoms with E-state index >= 15 is 0 Å². The number of hydrogen-bond donors (Lipinski definition) is 2. The van der Waals surface area contributed by atoms with E-state index in [1.807, 2.05) is 36.4 Å². The number of fused-ring (bicyclic) bond motifs is 2. The predicted octanol–water partition coefficient (Wildman–Crippen LogP) is 3.64. The summed E-state index contributed by atoms with van der Waals surface area (Å²) in [6.45, 7) is 0. The number of rotatable bonds is 1. The molecule has 4 nitrogen and oxygen atoms in total. The number of nitrogens with zero attached hydrogens (tertiary/aromatic N) is 1. The van der Waals surface area contributed by atoms with Crippen LogP contribution in [-0.2, 0) is 0 Å². The standard InChI is InChI=1S/C20H15N3O/c21-11-17-19(15-7-3-5-12-4-1-2-6-14(12)15)16-9-8-13(22)10-18(16)24-20(17)23/h1-10,19H,22-23H2. The molecule has 0 spiro atoms. The highest BCUT2D eigenvalue weighted by molar-refractivity contribution is 5.87. The molecule has 3 aromatic rings. The molecule has 24 heavy (non-hydrogen) atoms. The van der Waals surface area contributed by atoms with Gasteiger partial charge in [0, 0.05) is 17.3 Å². The van der Waals surface area contributed by atoms with Gasteiger partial charge < -0.3 is 16.2 Å². The first-order valence-corrected chi connectivity index (χ1v) is 7.63. The Bertz CT molecular complexity index is 1030. The summed E-state index contributed by atoms with van der Waals surface area (Å²) in [5.41, 5.74) is 14.8. The first kappa shape index (κ1) is 14.2. The summed E-state index contributed by atoms with van der Waals surface area (Å²) in [7, 11) is 0. The smallest absolute Gasteiger partial charge is 0.205 e. The molecule has 1 atom stereocenters. The van der Waals surface area contributed by atoms with E-state index in [4.69, 9.17) is 16.2 Å². The zero-order valence-corrected chi connectivity index (χ0v) is 12.9. The first-order chi connectivity index (χ1) is 11.7. The van der Waals surface area contributed by atoms with Crippen LogP contribution in [-0.4, -0.2) is 0 Å². The lowest BCUT2D eigenvalue weighted by Crippen LogP contribution is -2.21. The van der Waals surface area contributed by atoms with Gasteiger partial charge in [-0.2, -0.15) is 5.26 Å². The van der Waals surface area contributed by atoms with Crippen molar-refractivity contribution >= 4 is 16.5 Å². The molecule has 0 saturated carbocycles. The summed E-state index contributed by atoms with van der Waals surface area (Å²) < 4.78 is 5.63. The van der Waals surface area contributed by atoms with Crippen LogP contribution in [0.2, 0.25) is 0 Å². The summed E-state index contributed by atoms with van der Waals surface area (Å²) in [5.74, 6) is 0.461. The van der Waals surface area contributed by atoms with Crippen LogP contribution >= 0.6 is 0 Å². The lowest BCUT2D eigenvalue weighted by atomic mass is 9.81. The van der Waals surface area contributed by atoms with Gasteiger partial charge in [0.05, 0.1) is 5.92 Å². The second kappa shape index (κ2) is 5.32. The zero-order chi connectivity index (χ0) is 16.7. The van der Waals surface area contributed by atoms with Crippen molar-refractivity contribution in [2.45, 2.75) is 5.92 Å². The average Bonchev–Trinajstić information content (AvgIpc) is 2.60. The molecule has 4 rings (SSSR count). The van der Waals surface area contributed by atoms with Crippen molar-refractivity contribution in [3.8, 4) is 11.8 Å². The van der Waals surface area contributed by atoms with Crippen LogP contribution in [0, 0.1) is 11.3 Å². The topological polar surface area (TPSA) is 85.1 Å². The molecule has 0 aromatic heterocycles. The number of nitrogen functional groups attached to an aromatic ring is 1. The highest BCUT2D eigenvalue weighted by atomic mass is 16.5. The highest BCUT2D eigenvalue weighted by Crippen LogP contribution is 2.44. The Kier molecular flexibility index (Phi) is 3.14. The Labute approximate surface area is 139 Å². The number of hydrogen-bond acceptors (Lipinski definition) is 4. The monoisotopic (exact) mass is 313 g/mol. The third kappa shape index (κ3) is 2.07. The minimum absolute atomic E-state index is 0.133. The van der Waals surface area contributed by atoms with Crippen molar-refractivity contribution < 1.29 is 4.74 Å². The molecule has 0 saturated heterocycles. The summed E-state index contributed by atoms with van der Waals surface area (Å²) >= 11 is 0. The molecule has 1 aliphatic rings. The van der Waals surface area contributed by atoms with Gasteiger partial charge in [-0.1, -0.05) is 48.5 Å². The molecular formula is C20H15N3O. The van der Waals surface area contributed by atoms with Gasteiger partial charge in [-0.05, 0) is 22.4 Å². The summed E-state index contributed by atoms with van der Waals surface area (Å²) in [4.78, 5) is 0. The minimum Gasteiger partial charge on any atom is -0.440 e. The molecule has 116 valence electrons. The molecule has 0 radical (unpaired) electrons. The largest absolute Gasteiger partial charge is 0.440 e. The van der Waals surface area contributed by atoms with E-state index in [-0.39, 0.29) is 11.8 Å². The number of nitrogens with two attached hydrogens (primary N) is 2. The van der Waals surface area contributed by atoms with E-state index < -0.39 is 0 Å². The lowest BCUT2D eigenvalue weighted by Gasteiger charge is -2.27. The van der Waals surface area contributed by atoms with Crippen molar-refractivity contribution in [3.63, 3.8) is 0 Å². The first-order valence-electron chi connectivity index (χ1n) is 7.63. The molecule has 0 fully saturated rings. The van der Waals surface area contributed by atoms with Crippen molar-refractivity contribution in [1.82, 2.24) is 0 Å². The normalized spacial score (nSPS) is 16.4. The second-order valence-electron chi connectivity index (χ2n) is 5.79. The van der Waals surface area contributed by atoms with Crippen molar-refractivity contribution in [1.29, 1.82) is 5.26 Å². The fraction of sp³-hybridized carbons (Fsp3) is 0.0500. The van der Waals surface area contributed by atoms with E-state index in [0.717, 1.165) is 21.9 Å². The molecule has 0 aliphatic carbocycles. The quantitative estimate of drug-likeness (QED) is 0.672. The highest BCUT2D eigenvalue weighted by Gasteiger charge is 2.31. The van der Waals surface area contributed by atoms with Crippen LogP contribution in [0.3, 0.4) is 0 Å². The molecule has 1 unspecified atom stereocenters. The average molecular weight is 313 g/mol. The number of anilines is 1. The third-order valence-corrected chi connectivity index (χ3v) is 4.38. The molecule has 3 aromatic carbocycles. The van der Waals surface area contributed by atoms with Crippen LogP contribution in [0.15, 0.2) is 72.1 Å². The van der Waals surface area contributed by atoms with E-state index in [0.29, 0.717) is 17.0 Å². The number of ether oxygens (including phenoxy) is 1. The molecule has 0 amide bonds. The lowest BCUT2D eigenvalue weighted by molar-refractivity contribution is 0.394. The Morgan fingerprint density at radius 1 is 0.917 bits per heavy atom. The Balaban J connectivity index is 2.04. The molecule has 4 heteroatoms. The van der Waals surface area contributed by atoms with E-state index in [2.05, 4.69) is 24.3 Å². The summed E-state index contributed by atoms with van der Waals surface area (Å²) in [6.07, 6.45) is 0. The SMILES string of the molecule is N#CC1=C(N)Oc2cc(N)ccc2C1c1cccc2ccccc12. The maximum absolute atomic E-state index is 9.65. The summed E-state index contributed by atoms with van der Waals surface area (Å²) in [5, 5.41) is 11.9. The maximum Gasteiger partial charge on any atom is 0.205 e. The number of allylic oxidation sites excluding steroid dienone is 1. The third-order valence-electron chi connectivity index (χ3n) is 4.38. The molecule has 0 bridgehead atoms. The Morgan fingerprint density at radius 3 is 2.54 bits per heavy atom. The molecule has 4 N–H and O–H groups in total. The molecule has 1 aliphatic heterocycles. The fourth-order valence-electron chi connectivity index (χ4n) is 3.29. The molecular weight excluding hydrogens is 298 g/mol. The van der Waals surface area contributed by atoms with Gasteiger partial charge in [-0.15, -0.1) is 0 Å². The predicted molar refractivity (Wildman–Crippen MR) is 94.1 cm³/mol. The van der Waals surface area contributed by atoms with Crippen molar-refractivity contribution in [2.24, 2.45) is 5.73 Å². The van der Waals surface area contributed by atoms with Crippen molar-refractivity contribution in [2.75, 3.05) is 5.73 Å². The van der Waals surface area contributed by atoms with E-state index in [9.17, 15) is 5.26 Å². The van der Waals surface area contributed by atoms with Crippen LogP contribution in [0.4, 0.5) is 5.69 Å². The van der Waals surface area contributed by atoms with Gasteiger partial charge in [0.15, 0.2) is 0 Å². The van der Waals surface area contributed by atoms with E-state index in [1.165, 1.54) is 0 Å². The second-order valence-corrected chi connectivity index (χ2v) is 5.79. The van der Waals surface area contributed by atoms with Crippen LogP contribution in [0.25, 0.3) is 10.8 Å². The van der Waals surface area contributed by atoms with Gasteiger partial charge in [-0.3, -0.25) is 0 Å². The zero-order valence-electron chi connectivity index (χ0n) is 12.9. The van der Waals surface area contributed by atoms with Crippen molar-refractivity contribution in [3.05, 3.63) is 83.2 Å². The van der Waals surface area contributed by atoms with Crippen LogP contribution < -0.4 is 16.2 Å². The minimum atomic E-state index is -0.273. The number of nitriles is 1.